The van der Waals surface area contributed by atoms with E-state index < -0.39 is 0 Å². The van der Waals surface area contributed by atoms with Crippen molar-refractivity contribution >= 4 is 22.6 Å². The Labute approximate surface area is 107 Å². The van der Waals surface area contributed by atoms with Crippen molar-refractivity contribution in [2.24, 2.45) is 11.1 Å². The van der Waals surface area contributed by atoms with Crippen LogP contribution in [0.15, 0.2) is 24.3 Å². The highest BCUT2D eigenvalue weighted by molar-refractivity contribution is 14.1. The molecule has 0 aliphatic heterocycles. The first-order chi connectivity index (χ1) is 6.87. The maximum atomic E-state index is 6.13. The summed E-state index contributed by atoms with van der Waals surface area (Å²) in [6.07, 6.45) is 2.05. The van der Waals surface area contributed by atoms with E-state index in [9.17, 15) is 0 Å². The summed E-state index contributed by atoms with van der Waals surface area (Å²) in [4.78, 5) is 0. The van der Waals surface area contributed by atoms with E-state index in [1.54, 1.807) is 0 Å². The monoisotopic (exact) mass is 317 g/mol. The van der Waals surface area contributed by atoms with Gasteiger partial charge in [-0.05, 0) is 58.5 Å². The fourth-order valence-electron chi connectivity index (χ4n) is 1.78. The maximum absolute atomic E-state index is 6.13. The summed E-state index contributed by atoms with van der Waals surface area (Å²) in [7, 11) is 0. The fraction of sp³-hybridized carbons (Fsp3) is 0.538. The van der Waals surface area contributed by atoms with Gasteiger partial charge in [-0.25, -0.2) is 0 Å². The van der Waals surface area contributed by atoms with E-state index in [0.29, 0.717) is 5.41 Å². The topological polar surface area (TPSA) is 26.0 Å². The Hall–Kier alpha value is -0.0900. The lowest BCUT2D eigenvalue weighted by molar-refractivity contribution is 0.338. The second-order valence-corrected chi connectivity index (χ2v) is 6.60. The summed E-state index contributed by atoms with van der Waals surface area (Å²) in [5.41, 5.74) is 7.79. The molecule has 0 radical (unpaired) electrons. The fourth-order valence-corrected chi connectivity index (χ4v) is 2.14. The standard InChI is InChI=1S/C13H20IN/c1-13(2,3)9-12(15)8-10-4-6-11(14)7-5-10/h4-7,12H,8-9,15H2,1-3H3. The van der Waals surface area contributed by atoms with E-state index in [1.165, 1.54) is 9.13 Å². The van der Waals surface area contributed by atoms with E-state index in [-0.39, 0.29) is 6.04 Å². The first kappa shape index (κ1) is 13.0. The normalized spacial score (nSPS) is 13.9. The van der Waals surface area contributed by atoms with Crippen molar-refractivity contribution in [1.82, 2.24) is 0 Å². The molecule has 0 bridgehead atoms. The molecule has 0 aliphatic rings. The van der Waals surface area contributed by atoms with E-state index in [0.717, 1.165) is 12.8 Å². The van der Waals surface area contributed by atoms with Gasteiger partial charge in [0.1, 0.15) is 0 Å². The summed E-state index contributed by atoms with van der Waals surface area (Å²) < 4.78 is 1.28. The third-order valence-electron chi connectivity index (χ3n) is 2.29. The minimum Gasteiger partial charge on any atom is -0.327 e. The molecule has 2 heteroatoms. The number of rotatable bonds is 3. The molecular weight excluding hydrogens is 297 g/mol. The van der Waals surface area contributed by atoms with Crippen molar-refractivity contribution in [2.45, 2.75) is 39.7 Å². The number of hydrogen-bond acceptors (Lipinski definition) is 1. The van der Waals surface area contributed by atoms with Crippen LogP contribution in [0.5, 0.6) is 0 Å². The van der Waals surface area contributed by atoms with E-state index >= 15 is 0 Å². The Morgan fingerprint density at radius 2 is 1.73 bits per heavy atom. The zero-order valence-corrected chi connectivity index (χ0v) is 11.9. The van der Waals surface area contributed by atoms with Gasteiger partial charge in [-0.2, -0.15) is 0 Å². The van der Waals surface area contributed by atoms with E-state index in [1.807, 2.05) is 0 Å². The molecule has 0 saturated carbocycles. The SMILES string of the molecule is CC(C)(C)CC(N)Cc1ccc(I)cc1. The molecule has 1 nitrogen and oxygen atoms in total. The van der Waals surface area contributed by atoms with Crippen LogP contribution in [0.3, 0.4) is 0 Å². The molecule has 0 saturated heterocycles. The van der Waals surface area contributed by atoms with Crippen LogP contribution in [0.1, 0.15) is 32.8 Å². The average molecular weight is 317 g/mol. The molecule has 15 heavy (non-hydrogen) atoms. The smallest absolute Gasteiger partial charge is 0.0130 e. The van der Waals surface area contributed by atoms with Gasteiger partial charge in [-0.15, -0.1) is 0 Å². The van der Waals surface area contributed by atoms with Crippen molar-refractivity contribution in [1.29, 1.82) is 0 Å². The van der Waals surface area contributed by atoms with Crippen molar-refractivity contribution in [3.8, 4) is 0 Å². The third kappa shape index (κ3) is 5.52. The van der Waals surface area contributed by atoms with Crippen molar-refractivity contribution in [3.63, 3.8) is 0 Å². The highest BCUT2D eigenvalue weighted by Gasteiger charge is 2.15. The number of benzene rings is 1. The van der Waals surface area contributed by atoms with Crippen molar-refractivity contribution in [2.75, 3.05) is 0 Å². The molecule has 0 aromatic heterocycles. The predicted molar refractivity (Wildman–Crippen MR) is 74.9 cm³/mol. The Kier molecular flexibility index (Phi) is 4.59. The van der Waals surface area contributed by atoms with Crippen LogP contribution >= 0.6 is 22.6 Å². The number of halogens is 1. The van der Waals surface area contributed by atoms with Gasteiger partial charge in [-0.1, -0.05) is 32.9 Å². The molecule has 0 aliphatic carbocycles. The van der Waals surface area contributed by atoms with Crippen LogP contribution in [0.25, 0.3) is 0 Å². The maximum Gasteiger partial charge on any atom is 0.0130 e. The largest absolute Gasteiger partial charge is 0.327 e. The molecular formula is C13H20IN. The first-order valence-electron chi connectivity index (χ1n) is 5.37. The molecule has 0 heterocycles. The van der Waals surface area contributed by atoms with Crippen LogP contribution in [0, 0.1) is 8.99 Å². The van der Waals surface area contributed by atoms with Crippen molar-refractivity contribution in [3.05, 3.63) is 33.4 Å². The van der Waals surface area contributed by atoms with Gasteiger partial charge in [0, 0.05) is 9.61 Å². The molecule has 1 aromatic carbocycles. The van der Waals surface area contributed by atoms with Crippen LogP contribution in [0.4, 0.5) is 0 Å². The summed E-state index contributed by atoms with van der Waals surface area (Å²) in [5.74, 6) is 0. The van der Waals surface area contributed by atoms with E-state index in [4.69, 9.17) is 5.73 Å². The zero-order valence-electron chi connectivity index (χ0n) is 9.76. The molecule has 1 atom stereocenters. The van der Waals surface area contributed by atoms with E-state index in [2.05, 4.69) is 67.6 Å². The lowest BCUT2D eigenvalue weighted by atomic mass is 9.86. The second kappa shape index (κ2) is 5.30. The minimum absolute atomic E-state index is 0.269. The van der Waals surface area contributed by atoms with Gasteiger partial charge >= 0.3 is 0 Å². The van der Waals surface area contributed by atoms with Crippen molar-refractivity contribution < 1.29 is 0 Å². The molecule has 84 valence electrons. The third-order valence-corrected chi connectivity index (χ3v) is 3.00. The molecule has 1 unspecified atom stereocenters. The lowest BCUT2D eigenvalue weighted by Gasteiger charge is -2.23. The lowest BCUT2D eigenvalue weighted by Crippen LogP contribution is -2.28. The minimum atomic E-state index is 0.269. The summed E-state index contributed by atoms with van der Waals surface area (Å²) in [5, 5.41) is 0. The molecule has 1 rings (SSSR count). The molecule has 0 amide bonds. The van der Waals surface area contributed by atoms with Crippen LogP contribution < -0.4 is 5.73 Å². The number of hydrogen-bond donors (Lipinski definition) is 1. The number of nitrogens with two attached hydrogens (primary N) is 1. The summed E-state index contributed by atoms with van der Waals surface area (Å²) in [6.45, 7) is 6.71. The van der Waals surface area contributed by atoms with Gasteiger partial charge in [0.25, 0.3) is 0 Å². The van der Waals surface area contributed by atoms with Crippen LogP contribution in [-0.2, 0) is 6.42 Å². The van der Waals surface area contributed by atoms with Crippen LogP contribution in [-0.4, -0.2) is 6.04 Å². The van der Waals surface area contributed by atoms with Crippen LogP contribution in [0.2, 0.25) is 0 Å². The molecule has 2 N–H and O–H groups in total. The zero-order chi connectivity index (χ0) is 11.5. The highest BCUT2D eigenvalue weighted by atomic mass is 127. The Morgan fingerprint density at radius 3 is 2.20 bits per heavy atom. The average Bonchev–Trinajstić information content (AvgIpc) is 2.05. The summed E-state index contributed by atoms with van der Waals surface area (Å²) in [6, 6.07) is 8.89. The first-order valence-corrected chi connectivity index (χ1v) is 6.45. The quantitative estimate of drug-likeness (QED) is 0.847. The molecule has 0 spiro atoms. The van der Waals surface area contributed by atoms with Gasteiger partial charge in [0.2, 0.25) is 0 Å². The Morgan fingerprint density at radius 1 is 1.20 bits per heavy atom. The molecule has 1 aromatic rings. The Bertz CT molecular complexity index is 297. The second-order valence-electron chi connectivity index (χ2n) is 5.36. The highest BCUT2D eigenvalue weighted by Crippen LogP contribution is 2.21. The van der Waals surface area contributed by atoms with Gasteiger partial charge in [0.15, 0.2) is 0 Å². The predicted octanol–water partition coefficient (Wildman–Crippen LogP) is 3.60. The molecule has 0 fully saturated rings. The van der Waals surface area contributed by atoms with Gasteiger partial charge in [-0.3, -0.25) is 0 Å². The van der Waals surface area contributed by atoms with Gasteiger partial charge < -0.3 is 5.73 Å². The summed E-state index contributed by atoms with van der Waals surface area (Å²) >= 11 is 2.32. The Balaban J connectivity index is 2.51. The van der Waals surface area contributed by atoms with Gasteiger partial charge in [0.05, 0.1) is 0 Å².